The monoisotopic (exact) mass is 335 g/mol. The minimum absolute atomic E-state index is 0.198. The van der Waals surface area contributed by atoms with Gasteiger partial charge in [0.25, 0.3) is 5.91 Å². The third kappa shape index (κ3) is 4.08. The van der Waals surface area contributed by atoms with Crippen LogP contribution in [0.15, 0.2) is 53.3 Å². The van der Waals surface area contributed by atoms with Crippen LogP contribution in [0.25, 0.3) is 5.57 Å². The van der Waals surface area contributed by atoms with Gasteiger partial charge >= 0.3 is 0 Å². The summed E-state index contributed by atoms with van der Waals surface area (Å²) in [5.41, 5.74) is 1.45. The molecule has 0 saturated carbocycles. The van der Waals surface area contributed by atoms with Crippen LogP contribution in [0.2, 0.25) is 0 Å². The molecule has 2 heterocycles. The lowest BCUT2D eigenvalue weighted by atomic mass is 10.2. The number of carbonyl (C=O) groups is 1. The number of tetrazole rings is 1. The second-order valence-corrected chi connectivity index (χ2v) is 4.89. The van der Waals surface area contributed by atoms with E-state index in [0.29, 0.717) is 23.6 Å². The summed E-state index contributed by atoms with van der Waals surface area (Å²) in [6.07, 6.45) is 3.02. The van der Waals surface area contributed by atoms with E-state index in [-0.39, 0.29) is 17.3 Å². The van der Waals surface area contributed by atoms with Crippen LogP contribution in [-0.4, -0.2) is 26.5 Å². The second kappa shape index (κ2) is 7.56. The van der Waals surface area contributed by atoms with Crippen molar-refractivity contribution < 1.29 is 9.21 Å². The van der Waals surface area contributed by atoms with Crippen LogP contribution < -0.4 is 10.6 Å². The van der Waals surface area contributed by atoms with Crippen LogP contribution in [-0.2, 0) is 6.54 Å². The fraction of sp³-hybridized carbons (Fsp3) is 0.0625. The maximum absolute atomic E-state index is 12.1. The summed E-state index contributed by atoms with van der Waals surface area (Å²) in [6, 6.07) is 12.3. The standard InChI is InChI=1S/C16H13N7O2/c17-8-12(15-20-22-23-21-15)9-18-13-5-3-11(4-6-13)16(24)19-10-14-2-1-7-25-14/h1-7,9,18H,10H2,(H,19,24)(H,20,21,22,23). The van der Waals surface area contributed by atoms with Crippen molar-refractivity contribution in [3.05, 3.63) is 66.0 Å². The molecule has 3 aromatic rings. The van der Waals surface area contributed by atoms with Crippen molar-refractivity contribution in [2.45, 2.75) is 6.54 Å². The SMILES string of the molecule is N#CC(=CNc1ccc(C(=O)NCc2ccco2)cc1)c1nn[nH]n1. The van der Waals surface area contributed by atoms with E-state index >= 15 is 0 Å². The molecule has 0 atom stereocenters. The Bertz CT molecular complexity index is 891. The fourth-order valence-corrected chi connectivity index (χ4v) is 1.98. The van der Waals surface area contributed by atoms with E-state index in [4.69, 9.17) is 9.68 Å². The van der Waals surface area contributed by atoms with Crippen LogP contribution in [0, 0.1) is 11.3 Å². The molecule has 9 nitrogen and oxygen atoms in total. The molecular weight excluding hydrogens is 322 g/mol. The van der Waals surface area contributed by atoms with Crippen molar-refractivity contribution in [2.75, 3.05) is 5.32 Å². The Labute approximate surface area is 142 Å². The molecule has 1 aromatic carbocycles. The number of nitrogens with one attached hydrogen (secondary N) is 3. The third-order valence-electron chi connectivity index (χ3n) is 3.24. The lowest BCUT2D eigenvalue weighted by molar-refractivity contribution is 0.0948. The molecule has 0 fully saturated rings. The molecule has 0 spiro atoms. The maximum Gasteiger partial charge on any atom is 0.251 e. The zero-order chi connectivity index (χ0) is 17.5. The number of carbonyl (C=O) groups excluding carboxylic acids is 1. The molecule has 9 heteroatoms. The van der Waals surface area contributed by atoms with E-state index in [1.807, 2.05) is 6.07 Å². The minimum atomic E-state index is -0.206. The number of nitrogens with zero attached hydrogens (tertiary/aromatic N) is 4. The lowest BCUT2D eigenvalue weighted by Crippen LogP contribution is -2.22. The van der Waals surface area contributed by atoms with E-state index in [0.717, 1.165) is 0 Å². The number of amides is 1. The molecule has 2 aromatic heterocycles. The summed E-state index contributed by atoms with van der Waals surface area (Å²) in [5, 5.41) is 28.0. The van der Waals surface area contributed by atoms with Crippen molar-refractivity contribution in [1.29, 1.82) is 5.26 Å². The van der Waals surface area contributed by atoms with Gasteiger partial charge in [-0.05, 0) is 41.6 Å². The zero-order valence-electron chi connectivity index (χ0n) is 12.9. The van der Waals surface area contributed by atoms with Crippen LogP contribution >= 0.6 is 0 Å². The van der Waals surface area contributed by atoms with Gasteiger partial charge in [-0.25, -0.2) is 0 Å². The van der Waals surface area contributed by atoms with Crippen LogP contribution in [0.3, 0.4) is 0 Å². The van der Waals surface area contributed by atoms with E-state index in [1.54, 1.807) is 42.7 Å². The van der Waals surface area contributed by atoms with E-state index < -0.39 is 0 Å². The highest BCUT2D eigenvalue weighted by molar-refractivity contribution is 5.94. The van der Waals surface area contributed by atoms with Gasteiger partial charge in [0, 0.05) is 17.5 Å². The summed E-state index contributed by atoms with van der Waals surface area (Å²) in [6.45, 7) is 0.324. The van der Waals surface area contributed by atoms with Crippen molar-refractivity contribution in [3.8, 4) is 6.07 Å². The Morgan fingerprint density at radius 3 is 2.80 bits per heavy atom. The summed E-state index contributed by atoms with van der Waals surface area (Å²) < 4.78 is 5.16. The average molecular weight is 335 g/mol. The number of hydrogen-bond donors (Lipinski definition) is 3. The van der Waals surface area contributed by atoms with Crippen LogP contribution in [0.4, 0.5) is 5.69 Å². The Morgan fingerprint density at radius 2 is 2.16 bits per heavy atom. The molecule has 3 rings (SSSR count). The zero-order valence-corrected chi connectivity index (χ0v) is 12.9. The molecular formula is C16H13N7O2. The number of anilines is 1. The molecule has 0 aliphatic rings. The summed E-state index contributed by atoms with van der Waals surface area (Å²) in [4.78, 5) is 12.1. The molecule has 3 N–H and O–H groups in total. The number of furan rings is 1. The number of benzene rings is 1. The molecule has 0 radical (unpaired) electrons. The van der Waals surface area contributed by atoms with Gasteiger partial charge < -0.3 is 15.1 Å². The van der Waals surface area contributed by atoms with Gasteiger partial charge in [-0.3, -0.25) is 4.79 Å². The highest BCUT2D eigenvalue weighted by Gasteiger charge is 2.07. The van der Waals surface area contributed by atoms with Crippen molar-refractivity contribution >= 4 is 17.2 Å². The van der Waals surface area contributed by atoms with Gasteiger partial charge in [0.05, 0.1) is 12.8 Å². The summed E-state index contributed by atoms with van der Waals surface area (Å²) in [5.74, 6) is 0.675. The maximum atomic E-state index is 12.1. The number of allylic oxidation sites excluding steroid dienone is 1. The van der Waals surface area contributed by atoms with Crippen molar-refractivity contribution in [3.63, 3.8) is 0 Å². The number of nitriles is 1. The number of hydrogen-bond acceptors (Lipinski definition) is 7. The van der Waals surface area contributed by atoms with E-state index in [9.17, 15) is 4.79 Å². The van der Waals surface area contributed by atoms with Gasteiger partial charge in [0.2, 0.25) is 5.82 Å². The smallest absolute Gasteiger partial charge is 0.251 e. The van der Waals surface area contributed by atoms with Gasteiger partial charge in [-0.1, -0.05) is 0 Å². The number of rotatable bonds is 6. The predicted octanol–water partition coefficient (Wildman–Crippen LogP) is 1.70. The highest BCUT2D eigenvalue weighted by atomic mass is 16.3. The normalized spacial score (nSPS) is 10.9. The number of H-pyrrole nitrogens is 1. The largest absolute Gasteiger partial charge is 0.467 e. The summed E-state index contributed by atoms with van der Waals surface area (Å²) >= 11 is 0. The highest BCUT2D eigenvalue weighted by Crippen LogP contribution is 2.12. The van der Waals surface area contributed by atoms with Crippen molar-refractivity contribution in [2.24, 2.45) is 0 Å². The quantitative estimate of drug-likeness (QED) is 0.584. The van der Waals surface area contributed by atoms with Gasteiger partial charge in [-0.2, -0.15) is 10.5 Å². The third-order valence-corrected chi connectivity index (χ3v) is 3.24. The van der Waals surface area contributed by atoms with Crippen LogP contribution in [0.1, 0.15) is 21.9 Å². The molecule has 0 aliphatic carbocycles. The minimum Gasteiger partial charge on any atom is -0.467 e. The van der Waals surface area contributed by atoms with E-state index in [1.165, 1.54) is 6.20 Å². The van der Waals surface area contributed by atoms with Gasteiger partial charge in [0.1, 0.15) is 17.4 Å². The molecule has 0 saturated heterocycles. The first-order chi connectivity index (χ1) is 12.3. The summed E-state index contributed by atoms with van der Waals surface area (Å²) in [7, 11) is 0. The number of aromatic nitrogens is 4. The Hall–Kier alpha value is -3.93. The fourth-order valence-electron chi connectivity index (χ4n) is 1.98. The Morgan fingerprint density at radius 1 is 1.32 bits per heavy atom. The topological polar surface area (TPSA) is 133 Å². The van der Waals surface area contributed by atoms with Crippen molar-refractivity contribution in [1.82, 2.24) is 25.9 Å². The molecule has 0 unspecified atom stereocenters. The van der Waals surface area contributed by atoms with Gasteiger partial charge in [-0.15, -0.1) is 10.2 Å². The first-order valence-electron chi connectivity index (χ1n) is 7.27. The first-order valence-corrected chi connectivity index (χ1v) is 7.27. The second-order valence-electron chi connectivity index (χ2n) is 4.89. The molecule has 1 amide bonds. The van der Waals surface area contributed by atoms with Gasteiger partial charge in [0.15, 0.2) is 0 Å². The molecule has 124 valence electrons. The lowest BCUT2D eigenvalue weighted by Gasteiger charge is -2.05. The Balaban J connectivity index is 1.60. The average Bonchev–Trinajstić information content (AvgIpc) is 3.35. The Kier molecular flexibility index (Phi) is 4.82. The van der Waals surface area contributed by atoms with E-state index in [2.05, 4.69) is 31.3 Å². The first kappa shape index (κ1) is 15.9. The molecule has 0 aliphatic heterocycles. The number of aromatic amines is 1. The molecule has 25 heavy (non-hydrogen) atoms. The predicted molar refractivity (Wildman–Crippen MR) is 87.7 cm³/mol. The molecule has 0 bridgehead atoms. The van der Waals surface area contributed by atoms with Crippen LogP contribution in [0.5, 0.6) is 0 Å².